The monoisotopic (exact) mass is 142 g/mol. The summed E-state index contributed by atoms with van der Waals surface area (Å²) in [4.78, 5) is 0. The topological polar surface area (TPSA) is 104 Å². The maximum atomic E-state index is 5.44. The van der Waals surface area contributed by atoms with Crippen molar-refractivity contribution in [2.75, 3.05) is 0 Å². The first-order valence-electron chi connectivity index (χ1n) is 2.80. The van der Waals surface area contributed by atoms with Crippen LogP contribution in [0, 0.1) is 0 Å². The number of hydrogen-bond donors (Lipinski definition) is 4. The predicted molar refractivity (Wildman–Crippen MR) is 42.6 cm³/mol. The molecule has 4 heteroatoms. The van der Waals surface area contributed by atoms with Gasteiger partial charge in [0.25, 0.3) is 0 Å². The molecule has 0 saturated heterocycles. The van der Waals surface area contributed by atoms with E-state index in [4.69, 9.17) is 22.9 Å². The van der Waals surface area contributed by atoms with Gasteiger partial charge in [-0.2, -0.15) is 0 Å². The summed E-state index contributed by atoms with van der Waals surface area (Å²) in [7, 11) is 0. The van der Waals surface area contributed by atoms with Crippen LogP contribution in [0.15, 0.2) is 25.3 Å². The fourth-order valence-corrected chi connectivity index (χ4v) is 0.354. The molecule has 0 radical (unpaired) electrons. The van der Waals surface area contributed by atoms with E-state index < -0.39 is 11.3 Å². The first kappa shape index (κ1) is 9.32. The summed E-state index contributed by atoms with van der Waals surface area (Å²) in [5.74, 6) is 0. The van der Waals surface area contributed by atoms with Gasteiger partial charge in [0.2, 0.25) is 0 Å². The maximum absolute atomic E-state index is 5.44. The smallest absolute Gasteiger partial charge is 0.118 e. The SMILES string of the molecule is C=CC(N)(N)C(N)(N)C=C. The van der Waals surface area contributed by atoms with Gasteiger partial charge in [-0.05, 0) is 0 Å². The van der Waals surface area contributed by atoms with Crippen LogP contribution < -0.4 is 22.9 Å². The molecule has 0 unspecified atom stereocenters. The molecule has 0 heterocycles. The van der Waals surface area contributed by atoms with E-state index in [9.17, 15) is 0 Å². The van der Waals surface area contributed by atoms with Crippen LogP contribution in [-0.4, -0.2) is 11.3 Å². The molecule has 4 nitrogen and oxygen atoms in total. The quantitative estimate of drug-likeness (QED) is 0.287. The van der Waals surface area contributed by atoms with Gasteiger partial charge in [-0.3, -0.25) is 0 Å². The summed E-state index contributed by atoms with van der Waals surface area (Å²) >= 11 is 0. The lowest BCUT2D eigenvalue weighted by Gasteiger charge is -2.34. The summed E-state index contributed by atoms with van der Waals surface area (Å²) < 4.78 is 0. The minimum Gasteiger partial charge on any atom is -0.307 e. The molecule has 0 aliphatic carbocycles. The lowest BCUT2D eigenvalue weighted by Crippen LogP contribution is -2.74. The molecule has 0 fully saturated rings. The molecule has 10 heavy (non-hydrogen) atoms. The third-order valence-corrected chi connectivity index (χ3v) is 1.43. The molecule has 58 valence electrons. The second-order valence-corrected chi connectivity index (χ2v) is 2.27. The van der Waals surface area contributed by atoms with E-state index in [1.165, 1.54) is 12.2 Å². The molecule has 0 aromatic carbocycles. The van der Waals surface area contributed by atoms with Crippen molar-refractivity contribution in [3.8, 4) is 0 Å². The minimum absolute atomic E-state index is 1.29. The highest BCUT2D eigenvalue weighted by molar-refractivity contribution is 5.17. The minimum atomic E-state index is -1.31. The first-order valence-corrected chi connectivity index (χ1v) is 2.80. The number of nitrogens with two attached hydrogens (primary N) is 4. The van der Waals surface area contributed by atoms with E-state index in [0.717, 1.165) is 0 Å². The van der Waals surface area contributed by atoms with Crippen LogP contribution in [0.1, 0.15) is 0 Å². The molecular formula is C6H14N4. The maximum Gasteiger partial charge on any atom is 0.118 e. The Balaban J connectivity index is 4.59. The molecule has 0 saturated carbocycles. The van der Waals surface area contributed by atoms with Crippen molar-refractivity contribution in [2.45, 2.75) is 11.3 Å². The van der Waals surface area contributed by atoms with Crippen molar-refractivity contribution < 1.29 is 0 Å². The lowest BCUT2D eigenvalue weighted by atomic mass is 9.96. The average Bonchev–Trinajstić information content (AvgIpc) is 1.88. The van der Waals surface area contributed by atoms with Crippen LogP contribution in [-0.2, 0) is 0 Å². The van der Waals surface area contributed by atoms with E-state index in [2.05, 4.69) is 13.2 Å². The van der Waals surface area contributed by atoms with Crippen LogP contribution >= 0.6 is 0 Å². The Bertz CT molecular complexity index is 130. The van der Waals surface area contributed by atoms with E-state index >= 15 is 0 Å². The summed E-state index contributed by atoms with van der Waals surface area (Å²) in [6, 6.07) is 0. The van der Waals surface area contributed by atoms with Crippen LogP contribution in [0.4, 0.5) is 0 Å². The van der Waals surface area contributed by atoms with Crippen molar-refractivity contribution >= 4 is 0 Å². The fraction of sp³-hybridized carbons (Fsp3) is 0.333. The van der Waals surface area contributed by atoms with Gasteiger partial charge >= 0.3 is 0 Å². The molecule has 8 N–H and O–H groups in total. The van der Waals surface area contributed by atoms with Gasteiger partial charge in [0.05, 0.1) is 0 Å². The van der Waals surface area contributed by atoms with Crippen LogP contribution in [0.3, 0.4) is 0 Å². The van der Waals surface area contributed by atoms with Crippen LogP contribution in [0.25, 0.3) is 0 Å². The fourth-order valence-electron chi connectivity index (χ4n) is 0.354. The highest BCUT2D eigenvalue weighted by Gasteiger charge is 2.34. The molecule has 0 spiro atoms. The zero-order valence-corrected chi connectivity index (χ0v) is 5.88. The van der Waals surface area contributed by atoms with E-state index in [1.807, 2.05) is 0 Å². The Kier molecular flexibility index (Phi) is 2.34. The van der Waals surface area contributed by atoms with Crippen molar-refractivity contribution in [1.82, 2.24) is 0 Å². The molecule has 0 aliphatic heterocycles. The van der Waals surface area contributed by atoms with Crippen molar-refractivity contribution in [1.29, 1.82) is 0 Å². The largest absolute Gasteiger partial charge is 0.307 e. The summed E-state index contributed by atoms with van der Waals surface area (Å²) in [5.41, 5.74) is 19.1. The van der Waals surface area contributed by atoms with Crippen molar-refractivity contribution in [3.05, 3.63) is 25.3 Å². The number of hydrogen-bond acceptors (Lipinski definition) is 4. The van der Waals surface area contributed by atoms with E-state index in [0.29, 0.717) is 0 Å². The molecule has 0 aromatic heterocycles. The van der Waals surface area contributed by atoms with Gasteiger partial charge in [0.1, 0.15) is 11.3 Å². The Morgan fingerprint density at radius 3 is 1.10 bits per heavy atom. The van der Waals surface area contributed by atoms with Crippen molar-refractivity contribution in [2.24, 2.45) is 22.9 Å². The third kappa shape index (κ3) is 1.43. The van der Waals surface area contributed by atoms with Gasteiger partial charge in [0, 0.05) is 0 Å². The van der Waals surface area contributed by atoms with Gasteiger partial charge in [-0.15, -0.1) is 0 Å². The highest BCUT2D eigenvalue weighted by Crippen LogP contribution is 2.06. The first-order chi connectivity index (χ1) is 4.37. The van der Waals surface area contributed by atoms with Gasteiger partial charge in [0.15, 0.2) is 0 Å². The van der Waals surface area contributed by atoms with E-state index in [1.54, 1.807) is 0 Å². The summed E-state index contributed by atoms with van der Waals surface area (Å²) in [6.45, 7) is 6.78. The Hall–Kier alpha value is -0.680. The number of rotatable bonds is 3. The van der Waals surface area contributed by atoms with E-state index in [-0.39, 0.29) is 0 Å². The van der Waals surface area contributed by atoms with Gasteiger partial charge in [-0.1, -0.05) is 25.3 Å². The summed E-state index contributed by atoms with van der Waals surface area (Å²) in [5, 5.41) is 0. The predicted octanol–water partition coefficient (Wildman–Crippen LogP) is -1.41. The Labute approximate surface area is 60.5 Å². The molecule has 0 aromatic rings. The lowest BCUT2D eigenvalue weighted by molar-refractivity contribution is 0.353. The molecule has 0 amide bonds. The zero-order chi connectivity index (χ0) is 8.41. The van der Waals surface area contributed by atoms with Gasteiger partial charge in [-0.25, -0.2) is 0 Å². The zero-order valence-electron chi connectivity index (χ0n) is 5.88. The molecule has 0 bridgehead atoms. The van der Waals surface area contributed by atoms with Crippen molar-refractivity contribution in [3.63, 3.8) is 0 Å². The standard InChI is InChI=1S/C6H14N4/c1-3-5(7,8)6(9,10)4-2/h3-4H,1-2,7-10H2. The molecular weight excluding hydrogens is 128 g/mol. The highest BCUT2D eigenvalue weighted by atomic mass is 15.1. The average molecular weight is 142 g/mol. The molecule has 0 rings (SSSR count). The molecule has 0 aliphatic rings. The Morgan fingerprint density at radius 1 is 0.800 bits per heavy atom. The Morgan fingerprint density at radius 2 is 1.00 bits per heavy atom. The molecule has 0 atom stereocenters. The van der Waals surface area contributed by atoms with Gasteiger partial charge < -0.3 is 22.9 Å². The second kappa shape index (κ2) is 2.51. The van der Waals surface area contributed by atoms with Crippen LogP contribution in [0.2, 0.25) is 0 Å². The second-order valence-electron chi connectivity index (χ2n) is 2.27. The van der Waals surface area contributed by atoms with Crippen LogP contribution in [0.5, 0.6) is 0 Å². The third-order valence-electron chi connectivity index (χ3n) is 1.43. The normalized spacial score (nSPS) is 12.8. The summed E-state index contributed by atoms with van der Waals surface area (Å²) in [6.07, 6.45) is 2.57.